The Morgan fingerprint density at radius 2 is 2.14 bits per heavy atom. The fourth-order valence-electron chi connectivity index (χ4n) is 3.96. The first kappa shape index (κ1) is 19.2. The monoisotopic (exact) mass is 395 g/mol. The minimum Gasteiger partial charge on any atom is -0.494 e. The van der Waals surface area contributed by atoms with Gasteiger partial charge in [-0.25, -0.2) is 0 Å². The Kier molecular flexibility index (Phi) is 4.91. The van der Waals surface area contributed by atoms with Gasteiger partial charge in [0.2, 0.25) is 5.91 Å². The molecule has 1 aromatic carbocycles. The number of ether oxygens (including phenoxy) is 1. The first-order chi connectivity index (χ1) is 13.9. The van der Waals surface area contributed by atoms with Crippen molar-refractivity contribution in [2.45, 2.75) is 38.3 Å². The van der Waals surface area contributed by atoms with Crippen LogP contribution in [0.25, 0.3) is 10.9 Å². The summed E-state index contributed by atoms with van der Waals surface area (Å²) in [6, 6.07) is 5.68. The zero-order valence-corrected chi connectivity index (χ0v) is 17.0. The third kappa shape index (κ3) is 3.65. The standard InChI is InChI=1S/C21H25N5O3/c1-13-6-17(9-22)25(10-13)19(27)12-24(2)21(28)14-7-15-11-26(16-4-5-16)23-20(15)18(8-14)29-3/h7-8,11,13,16-17H,4-6,10,12H2,1-3H3. The highest BCUT2D eigenvalue weighted by Crippen LogP contribution is 2.36. The molecule has 1 aliphatic heterocycles. The molecule has 0 radical (unpaired) electrons. The van der Waals surface area contributed by atoms with Gasteiger partial charge in [0.25, 0.3) is 5.91 Å². The van der Waals surface area contributed by atoms with E-state index < -0.39 is 6.04 Å². The lowest BCUT2D eigenvalue weighted by Gasteiger charge is -2.24. The number of hydrogen-bond acceptors (Lipinski definition) is 5. The van der Waals surface area contributed by atoms with E-state index in [1.54, 1.807) is 31.2 Å². The molecule has 0 bridgehead atoms. The van der Waals surface area contributed by atoms with Crippen molar-refractivity contribution in [2.75, 3.05) is 27.2 Å². The van der Waals surface area contributed by atoms with E-state index in [0.717, 1.165) is 23.7 Å². The summed E-state index contributed by atoms with van der Waals surface area (Å²) < 4.78 is 7.39. The SMILES string of the molecule is COc1cc(C(=O)N(C)CC(=O)N2CC(C)CC2C#N)cc2cn(C3CC3)nc12. The van der Waals surface area contributed by atoms with E-state index >= 15 is 0 Å². The van der Waals surface area contributed by atoms with Gasteiger partial charge in [-0.3, -0.25) is 14.3 Å². The average Bonchev–Trinajstić information content (AvgIpc) is 3.35. The van der Waals surface area contributed by atoms with Crippen LogP contribution in [0.1, 0.15) is 42.6 Å². The topological polar surface area (TPSA) is 91.5 Å². The lowest BCUT2D eigenvalue weighted by Crippen LogP contribution is -2.43. The van der Waals surface area contributed by atoms with Gasteiger partial charge in [0.15, 0.2) is 0 Å². The molecule has 0 N–H and O–H groups in total. The van der Waals surface area contributed by atoms with Gasteiger partial charge >= 0.3 is 0 Å². The number of carbonyl (C=O) groups excluding carboxylic acids is 2. The molecule has 29 heavy (non-hydrogen) atoms. The Morgan fingerprint density at radius 3 is 2.79 bits per heavy atom. The van der Waals surface area contributed by atoms with Gasteiger partial charge in [0, 0.05) is 30.7 Å². The number of likely N-dealkylation sites (tertiary alicyclic amines) is 1. The van der Waals surface area contributed by atoms with Crippen LogP contribution in [0, 0.1) is 17.2 Å². The van der Waals surface area contributed by atoms with Crippen LogP contribution in [0.15, 0.2) is 18.3 Å². The smallest absolute Gasteiger partial charge is 0.254 e. The molecule has 1 aliphatic carbocycles. The van der Waals surface area contributed by atoms with Gasteiger partial charge in [-0.05, 0) is 37.3 Å². The van der Waals surface area contributed by atoms with Crippen molar-refractivity contribution in [2.24, 2.45) is 5.92 Å². The van der Waals surface area contributed by atoms with E-state index in [2.05, 4.69) is 11.2 Å². The number of aromatic nitrogens is 2. The van der Waals surface area contributed by atoms with E-state index in [1.807, 2.05) is 17.8 Å². The molecule has 4 rings (SSSR count). The summed E-state index contributed by atoms with van der Waals surface area (Å²) in [6.07, 6.45) is 4.86. The summed E-state index contributed by atoms with van der Waals surface area (Å²) in [7, 11) is 3.16. The number of nitrogens with zero attached hydrogens (tertiary/aromatic N) is 5. The molecule has 1 saturated carbocycles. The molecule has 2 heterocycles. The molecule has 2 aliphatic rings. The van der Waals surface area contributed by atoms with Gasteiger partial charge in [0.05, 0.1) is 25.8 Å². The third-order valence-corrected chi connectivity index (χ3v) is 5.68. The quantitative estimate of drug-likeness (QED) is 0.774. The van der Waals surface area contributed by atoms with Crippen molar-refractivity contribution < 1.29 is 14.3 Å². The molecule has 8 heteroatoms. The Bertz CT molecular complexity index is 1000. The maximum Gasteiger partial charge on any atom is 0.254 e. The van der Waals surface area contributed by atoms with Crippen molar-refractivity contribution in [1.82, 2.24) is 19.6 Å². The molecule has 2 aromatic rings. The van der Waals surface area contributed by atoms with Crippen LogP contribution in [0.3, 0.4) is 0 Å². The van der Waals surface area contributed by atoms with Crippen LogP contribution >= 0.6 is 0 Å². The highest BCUT2D eigenvalue weighted by atomic mass is 16.5. The molecular weight excluding hydrogens is 370 g/mol. The number of fused-ring (bicyclic) bond motifs is 1. The number of benzene rings is 1. The van der Waals surface area contributed by atoms with Gasteiger partial charge in [0.1, 0.15) is 17.3 Å². The fraction of sp³-hybridized carbons (Fsp3) is 0.524. The molecule has 152 valence electrons. The normalized spacial score (nSPS) is 21.2. The molecule has 2 unspecified atom stereocenters. The van der Waals surface area contributed by atoms with Crippen LogP contribution in [-0.4, -0.2) is 64.7 Å². The summed E-state index contributed by atoms with van der Waals surface area (Å²) in [6.45, 7) is 2.51. The Morgan fingerprint density at radius 1 is 1.38 bits per heavy atom. The summed E-state index contributed by atoms with van der Waals surface area (Å²) >= 11 is 0. The third-order valence-electron chi connectivity index (χ3n) is 5.68. The molecular formula is C21H25N5O3. The highest BCUT2D eigenvalue weighted by molar-refractivity contribution is 6.01. The lowest BCUT2D eigenvalue weighted by atomic mass is 10.1. The summed E-state index contributed by atoms with van der Waals surface area (Å²) in [5.41, 5.74) is 1.18. The van der Waals surface area contributed by atoms with Gasteiger partial charge in [-0.2, -0.15) is 10.4 Å². The largest absolute Gasteiger partial charge is 0.494 e. The Hall–Kier alpha value is -3.08. The molecule has 8 nitrogen and oxygen atoms in total. The summed E-state index contributed by atoms with van der Waals surface area (Å²) in [5.74, 6) is 0.368. The van der Waals surface area contributed by atoms with Crippen molar-refractivity contribution in [3.8, 4) is 11.8 Å². The molecule has 2 fully saturated rings. The van der Waals surface area contributed by atoms with Crippen molar-refractivity contribution in [3.05, 3.63) is 23.9 Å². The second-order valence-electron chi connectivity index (χ2n) is 8.15. The number of carbonyl (C=O) groups is 2. The predicted molar refractivity (Wildman–Crippen MR) is 106 cm³/mol. The number of amides is 2. The van der Waals surface area contributed by atoms with Crippen molar-refractivity contribution >= 4 is 22.7 Å². The molecule has 2 atom stereocenters. The van der Waals surface area contributed by atoms with E-state index in [0.29, 0.717) is 36.2 Å². The average molecular weight is 395 g/mol. The Balaban J connectivity index is 1.53. The van der Waals surface area contributed by atoms with Crippen LogP contribution < -0.4 is 4.74 Å². The lowest BCUT2D eigenvalue weighted by molar-refractivity contribution is -0.131. The molecule has 1 saturated heterocycles. The fourth-order valence-corrected chi connectivity index (χ4v) is 3.96. The zero-order chi connectivity index (χ0) is 20.7. The van der Waals surface area contributed by atoms with E-state index in [1.165, 1.54) is 4.90 Å². The van der Waals surface area contributed by atoms with Crippen LogP contribution in [0.5, 0.6) is 5.75 Å². The van der Waals surface area contributed by atoms with E-state index in [9.17, 15) is 14.9 Å². The summed E-state index contributed by atoms with van der Waals surface area (Å²) in [4.78, 5) is 28.6. The van der Waals surface area contributed by atoms with Crippen LogP contribution in [0.2, 0.25) is 0 Å². The van der Waals surface area contributed by atoms with Gasteiger partial charge < -0.3 is 14.5 Å². The van der Waals surface area contributed by atoms with Crippen molar-refractivity contribution in [1.29, 1.82) is 5.26 Å². The van der Waals surface area contributed by atoms with Crippen molar-refractivity contribution in [3.63, 3.8) is 0 Å². The molecule has 0 spiro atoms. The predicted octanol–water partition coefficient (Wildman–Crippen LogP) is 2.21. The van der Waals surface area contributed by atoms with Gasteiger partial charge in [-0.15, -0.1) is 0 Å². The first-order valence-electron chi connectivity index (χ1n) is 9.92. The maximum absolute atomic E-state index is 13.0. The number of rotatable bonds is 5. The van der Waals surface area contributed by atoms with Crippen LogP contribution in [0.4, 0.5) is 0 Å². The van der Waals surface area contributed by atoms with E-state index in [4.69, 9.17) is 4.74 Å². The minimum atomic E-state index is -0.411. The number of nitriles is 1. The van der Waals surface area contributed by atoms with E-state index in [-0.39, 0.29) is 18.4 Å². The zero-order valence-electron chi connectivity index (χ0n) is 17.0. The summed E-state index contributed by atoms with van der Waals surface area (Å²) in [5, 5.41) is 14.7. The number of methoxy groups -OCH3 is 1. The number of hydrogen-bond donors (Lipinski definition) is 0. The number of likely N-dealkylation sites (N-methyl/N-ethyl adjacent to an activating group) is 1. The second kappa shape index (κ2) is 7.39. The first-order valence-corrected chi connectivity index (χ1v) is 9.92. The second-order valence-corrected chi connectivity index (χ2v) is 8.15. The molecule has 1 aromatic heterocycles. The van der Waals surface area contributed by atoms with Crippen LogP contribution in [-0.2, 0) is 4.79 Å². The maximum atomic E-state index is 13.0. The Labute approximate surface area is 169 Å². The highest BCUT2D eigenvalue weighted by Gasteiger charge is 2.34. The van der Waals surface area contributed by atoms with Gasteiger partial charge in [-0.1, -0.05) is 6.92 Å². The molecule has 2 amide bonds. The minimum absolute atomic E-state index is 0.0641.